The highest BCUT2D eigenvalue weighted by Gasteiger charge is 2.31. The summed E-state index contributed by atoms with van der Waals surface area (Å²) in [5, 5.41) is 3.43. The Morgan fingerprint density at radius 2 is 1.92 bits per heavy atom. The lowest BCUT2D eigenvalue weighted by Crippen LogP contribution is -2.50. The van der Waals surface area contributed by atoms with Crippen LogP contribution in [0.15, 0.2) is 18.2 Å². The maximum absolute atomic E-state index is 12.6. The van der Waals surface area contributed by atoms with E-state index in [1.807, 2.05) is 0 Å². The predicted molar refractivity (Wildman–Crippen MR) is 98.0 cm³/mol. The maximum Gasteiger partial charge on any atom is 0.243 e. The van der Waals surface area contributed by atoms with Crippen molar-refractivity contribution >= 4 is 33.2 Å². The molecule has 0 heterocycles. The summed E-state index contributed by atoms with van der Waals surface area (Å²) >= 11 is 6.03. The summed E-state index contributed by atoms with van der Waals surface area (Å²) in [6.07, 6.45) is 6.41. The minimum atomic E-state index is -3.63. The van der Waals surface area contributed by atoms with Crippen LogP contribution >= 0.6 is 11.6 Å². The van der Waals surface area contributed by atoms with E-state index in [4.69, 9.17) is 11.6 Å². The van der Waals surface area contributed by atoms with Crippen molar-refractivity contribution < 1.29 is 13.2 Å². The Bertz CT molecular complexity index is 700. The summed E-state index contributed by atoms with van der Waals surface area (Å²) < 4.78 is 25.8. The molecule has 0 radical (unpaired) electrons. The van der Waals surface area contributed by atoms with E-state index in [9.17, 15) is 13.2 Å². The lowest BCUT2D eigenvalue weighted by molar-refractivity contribution is -0.122. The fourth-order valence-electron chi connectivity index (χ4n) is 3.17. The highest BCUT2D eigenvalue weighted by atomic mass is 35.5. The van der Waals surface area contributed by atoms with Crippen LogP contribution in [0.25, 0.3) is 0 Å². The zero-order valence-corrected chi connectivity index (χ0v) is 16.0. The van der Waals surface area contributed by atoms with Crippen molar-refractivity contribution in [2.45, 2.75) is 58.0 Å². The lowest BCUT2D eigenvalue weighted by atomic mass is 9.95. The first-order chi connectivity index (χ1) is 11.2. The molecular weight excluding hydrogens is 348 g/mol. The molecule has 24 heavy (non-hydrogen) atoms. The van der Waals surface area contributed by atoms with E-state index < -0.39 is 16.1 Å². The molecule has 0 aliphatic heterocycles. The normalized spacial score (nSPS) is 17.3. The third kappa shape index (κ3) is 4.63. The Morgan fingerprint density at radius 3 is 2.50 bits per heavy atom. The van der Waals surface area contributed by atoms with E-state index in [1.54, 1.807) is 32.0 Å². The number of sulfonamides is 1. The third-order valence-corrected chi connectivity index (χ3v) is 5.91. The van der Waals surface area contributed by atoms with E-state index >= 15 is 0 Å². The van der Waals surface area contributed by atoms with E-state index in [1.165, 1.54) is 6.42 Å². The van der Waals surface area contributed by atoms with Gasteiger partial charge in [-0.05, 0) is 44.4 Å². The van der Waals surface area contributed by atoms with Crippen molar-refractivity contribution in [3.05, 3.63) is 28.8 Å². The molecule has 7 heteroatoms. The Hall–Kier alpha value is -1.27. The topological polar surface area (TPSA) is 66.5 Å². The number of amides is 1. The third-order valence-electron chi connectivity index (χ3n) is 4.45. The average Bonchev–Trinajstić information content (AvgIpc) is 2.50. The van der Waals surface area contributed by atoms with Crippen molar-refractivity contribution in [2.75, 3.05) is 10.6 Å². The van der Waals surface area contributed by atoms with Crippen LogP contribution < -0.4 is 9.62 Å². The van der Waals surface area contributed by atoms with Crippen LogP contribution in [0.1, 0.15) is 44.6 Å². The van der Waals surface area contributed by atoms with Gasteiger partial charge in [0.2, 0.25) is 15.9 Å². The van der Waals surface area contributed by atoms with Crippen LogP contribution in [0.2, 0.25) is 5.02 Å². The lowest BCUT2D eigenvalue weighted by Gasteiger charge is -2.31. The van der Waals surface area contributed by atoms with Gasteiger partial charge in [0.15, 0.2) is 0 Å². The van der Waals surface area contributed by atoms with Crippen molar-refractivity contribution in [1.82, 2.24) is 5.32 Å². The van der Waals surface area contributed by atoms with E-state index in [0.29, 0.717) is 10.7 Å². The number of aryl methyl sites for hydroxylation is 1. The molecule has 1 aliphatic carbocycles. The van der Waals surface area contributed by atoms with E-state index in [2.05, 4.69) is 5.32 Å². The van der Waals surface area contributed by atoms with Gasteiger partial charge in [0.1, 0.15) is 6.04 Å². The van der Waals surface area contributed by atoms with Crippen LogP contribution in [0.4, 0.5) is 5.69 Å². The highest BCUT2D eigenvalue weighted by Crippen LogP contribution is 2.28. The Labute approximate surface area is 149 Å². The Balaban J connectivity index is 2.27. The summed E-state index contributed by atoms with van der Waals surface area (Å²) in [6, 6.07) is 4.34. The molecular formula is C17H25ClN2O3S. The summed E-state index contributed by atoms with van der Waals surface area (Å²) in [6.45, 7) is 3.41. The molecule has 1 aliphatic rings. The molecule has 1 atom stereocenters. The second-order valence-corrected chi connectivity index (χ2v) is 8.80. The minimum Gasteiger partial charge on any atom is -0.352 e. The number of nitrogens with zero attached hydrogens (tertiary/aromatic N) is 1. The number of halogens is 1. The first kappa shape index (κ1) is 19.1. The number of hydrogen-bond acceptors (Lipinski definition) is 3. The SMILES string of the molecule is Cc1ccc(Cl)cc1N([C@H](C)C(=O)NC1CCCCC1)S(C)(=O)=O. The van der Waals surface area contributed by atoms with Gasteiger partial charge >= 0.3 is 0 Å². The van der Waals surface area contributed by atoms with Crippen LogP contribution in [-0.2, 0) is 14.8 Å². The molecule has 5 nitrogen and oxygen atoms in total. The molecule has 0 unspecified atom stereocenters. The summed E-state index contributed by atoms with van der Waals surface area (Å²) in [4.78, 5) is 12.6. The van der Waals surface area contributed by atoms with Crippen LogP contribution in [0.3, 0.4) is 0 Å². The molecule has 1 saturated carbocycles. The fraction of sp³-hybridized carbons (Fsp3) is 0.588. The van der Waals surface area contributed by atoms with Crippen molar-refractivity contribution in [3.8, 4) is 0 Å². The molecule has 1 fully saturated rings. The van der Waals surface area contributed by atoms with Gasteiger partial charge in [-0.2, -0.15) is 0 Å². The van der Waals surface area contributed by atoms with Gasteiger partial charge < -0.3 is 5.32 Å². The maximum atomic E-state index is 12.6. The Morgan fingerprint density at radius 1 is 1.29 bits per heavy atom. The van der Waals surface area contributed by atoms with Gasteiger partial charge in [-0.15, -0.1) is 0 Å². The molecule has 1 aromatic rings. The first-order valence-corrected chi connectivity index (χ1v) is 10.5. The zero-order valence-electron chi connectivity index (χ0n) is 14.4. The van der Waals surface area contributed by atoms with Gasteiger partial charge in [-0.25, -0.2) is 8.42 Å². The second kappa shape index (κ2) is 7.74. The summed E-state index contributed by atoms with van der Waals surface area (Å²) in [5.74, 6) is -0.272. The van der Waals surface area contributed by atoms with Gasteiger partial charge in [-0.1, -0.05) is 36.9 Å². The largest absolute Gasteiger partial charge is 0.352 e. The monoisotopic (exact) mass is 372 g/mol. The zero-order chi connectivity index (χ0) is 17.9. The van der Waals surface area contributed by atoms with E-state index in [-0.39, 0.29) is 11.9 Å². The number of carbonyl (C=O) groups excluding carboxylic acids is 1. The molecule has 0 spiro atoms. The number of nitrogens with one attached hydrogen (secondary N) is 1. The molecule has 0 aromatic heterocycles. The van der Waals surface area contributed by atoms with E-state index in [0.717, 1.165) is 41.8 Å². The van der Waals surface area contributed by atoms with Gasteiger partial charge in [0, 0.05) is 11.1 Å². The van der Waals surface area contributed by atoms with Crippen molar-refractivity contribution in [3.63, 3.8) is 0 Å². The minimum absolute atomic E-state index is 0.135. The number of rotatable bonds is 5. The van der Waals surface area contributed by atoms with Gasteiger partial charge in [0.05, 0.1) is 11.9 Å². The number of carbonyl (C=O) groups is 1. The average molecular weight is 373 g/mol. The number of anilines is 1. The second-order valence-electron chi connectivity index (χ2n) is 6.51. The summed E-state index contributed by atoms with van der Waals surface area (Å²) in [5.41, 5.74) is 1.19. The molecule has 1 aromatic carbocycles. The number of hydrogen-bond donors (Lipinski definition) is 1. The summed E-state index contributed by atoms with van der Waals surface area (Å²) in [7, 11) is -3.63. The van der Waals surface area contributed by atoms with Gasteiger partial charge in [-0.3, -0.25) is 9.10 Å². The highest BCUT2D eigenvalue weighted by molar-refractivity contribution is 7.92. The molecule has 2 rings (SSSR count). The van der Waals surface area contributed by atoms with Crippen molar-refractivity contribution in [1.29, 1.82) is 0 Å². The number of benzene rings is 1. The van der Waals surface area contributed by atoms with Crippen molar-refractivity contribution in [2.24, 2.45) is 0 Å². The first-order valence-electron chi connectivity index (χ1n) is 8.26. The quantitative estimate of drug-likeness (QED) is 0.862. The molecule has 134 valence electrons. The fourth-order valence-corrected chi connectivity index (χ4v) is 4.56. The Kier molecular flexibility index (Phi) is 6.15. The molecule has 0 bridgehead atoms. The molecule has 1 N–H and O–H groups in total. The predicted octanol–water partition coefficient (Wildman–Crippen LogP) is 3.25. The van der Waals surface area contributed by atoms with Gasteiger partial charge in [0.25, 0.3) is 0 Å². The van der Waals surface area contributed by atoms with Crippen LogP contribution in [0, 0.1) is 6.92 Å². The molecule has 0 saturated heterocycles. The van der Waals surface area contributed by atoms with Crippen LogP contribution in [0.5, 0.6) is 0 Å². The molecule has 1 amide bonds. The standard InChI is InChI=1S/C17H25ClN2O3S/c1-12-9-10-14(18)11-16(12)20(24(3,22)23)13(2)17(21)19-15-7-5-4-6-8-15/h9-11,13,15H,4-8H2,1-3H3,(H,19,21)/t13-/m1/s1. The smallest absolute Gasteiger partial charge is 0.243 e. The van der Waals surface area contributed by atoms with Crippen LogP contribution in [-0.4, -0.2) is 32.7 Å².